The zero-order chi connectivity index (χ0) is 24.5. The molecule has 0 aliphatic heterocycles. The molecule has 0 aromatic heterocycles. The second-order valence-corrected chi connectivity index (χ2v) is 9.50. The number of aliphatic imine (C=N–C) groups is 1. The molecule has 2 amide bonds. The Hall–Kier alpha value is -2.77. The minimum absolute atomic E-state index is 0.00724. The van der Waals surface area contributed by atoms with Gasteiger partial charge < -0.3 is 25.2 Å². The van der Waals surface area contributed by atoms with Crippen LogP contribution >= 0.6 is 0 Å². The van der Waals surface area contributed by atoms with Gasteiger partial charge in [-0.15, -0.1) is 0 Å². The molecule has 0 fully saturated rings. The number of rotatable bonds is 8. The minimum Gasteiger partial charge on any atom is -0.444 e. The van der Waals surface area contributed by atoms with Gasteiger partial charge in [0.15, 0.2) is 5.96 Å². The highest BCUT2D eigenvalue weighted by Crippen LogP contribution is 2.11. The van der Waals surface area contributed by atoms with Crippen molar-refractivity contribution in [1.29, 1.82) is 0 Å². The molecule has 180 valence electrons. The number of benzene rings is 1. The lowest BCUT2D eigenvalue weighted by Gasteiger charge is -2.28. The van der Waals surface area contributed by atoms with E-state index >= 15 is 0 Å². The van der Waals surface area contributed by atoms with Gasteiger partial charge in [-0.25, -0.2) is 4.79 Å². The molecule has 0 spiro atoms. The van der Waals surface area contributed by atoms with Crippen molar-refractivity contribution in [2.24, 2.45) is 10.9 Å². The Morgan fingerprint density at radius 2 is 1.69 bits per heavy atom. The van der Waals surface area contributed by atoms with Gasteiger partial charge in [0, 0.05) is 52.9 Å². The number of alkyl carbamates (subject to hydrolysis) is 1. The Labute approximate surface area is 193 Å². The molecule has 8 nitrogen and oxygen atoms in total. The summed E-state index contributed by atoms with van der Waals surface area (Å²) in [5.74, 6) is 1.02. The maximum atomic E-state index is 12.2. The van der Waals surface area contributed by atoms with Crippen molar-refractivity contribution in [3.05, 3.63) is 35.4 Å². The van der Waals surface area contributed by atoms with Crippen LogP contribution in [0.25, 0.3) is 0 Å². The molecular weight excluding hydrogens is 406 g/mol. The summed E-state index contributed by atoms with van der Waals surface area (Å²) in [4.78, 5) is 32.1. The molecule has 0 aliphatic carbocycles. The lowest BCUT2D eigenvalue weighted by atomic mass is 10.0. The lowest BCUT2D eigenvalue weighted by molar-refractivity contribution is 0.0485. The van der Waals surface area contributed by atoms with Crippen LogP contribution in [0.3, 0.4) is 0 Å². The summed E-state index contributed by atoms with van der Waals surface area (Å²) >= 11 is 0. The molecular formula is C24H41N5O3. The van der Waals surface area contributed by atoms with Crippen LogP contribution in [0, 0.1) is 5.92 Å². The molecule has 0 bridgehead atoms. The Morgan fingerprint density at radius 3 is 2.16 bits per heavy atom. The first-order valence-electron chi connectivity index (χ1n) is 11.1. The molecule has 0 heterocycles. The number of hydrogen-bond acceptors (Lipinski definition) is 4. The molecule has 1 unspecified atom stereocenters. The number of guanidine groups is 1. The molecule has 1 rings (SSSR count). The fraction of sp³-hybridized carbons (Fsp3) is 0.625. The largest absolute Gasteiger partial charge is 0.444 e. The lowest BCUT2D eigenvalue weighted by Crippen LogP contribution is -2.45. The van der Waals surface area contributed by atoms with E-state index in [4.69, 9.17) is 4.74 Å². The zero-order valence-electron chi connectivity index (χ0n) is 21.2. The molecule has 1 atom stereocenters. The van der Waals surface area contributed by atoms with E-state index in [0.717, 1.165) is 17.9 Å². The molecule has 1 aromatic rings. The monoisotopic (exact) mass is 447 g/mol. The summed E-state index contributed by atoms with van der Waals surface area (Å²) < 4.78 is 5.39. The third-order valence-electron chi connectivity index (χ3n) is 4.91. The topological polar surface area (TPSA) is 86.3 Å². The van der Waals surface area contributed by atoms with Crippen molar-refractivity contribution in [3.8, 4) is 0 Å². The maximum absolute atomic E-state index is 12.2. The molecule has 32 heavy (non-hydrogen) atoms. The number of amides is 2. The van der Waals surface area contributed by atoms with Crippen LogP contribution in [0.1, 0.15) is 57.0 Å². The average molecular weight is 448 g/mol. The van der Waals surface area contributed by atoms with Crippen LogP contribution < -0.4 is 10.6 Å². The zero-order valence-corrected chi connectivity index (χ0v) is 21.2. The summed E-state index contributed by atoms with van der Waals surface area (Å²) in [5.41, 5.74) is 1.20. The van der Waals surface area contributed by atoms with E-state index in [1.807, 2.05) is 57.0 Å². The molecule has 2 N–H and O–H groups in total. The summed E-state index contributed by atoms with van der Waals surface area (Å²) in [6.45, 7) is 11.0. The molecule has 0 saturated heterocycles. The van der Waals surface area contributed by atoms with E-state index < -0.39 is 11.7 Å². The third-order valence-corrected chi connectivity index (χ3v) is 4.91. The minimum atomic E-state index is -0.522. The van der Waals surface area contributed by atoms with Crippen molar-refractivity contribution in [2.75, 3.05) is 34.7 Å². The van der Waals surface area contributed by atoms with Gasteiger partial charge in [-0.2, -0.15) is 0 Å². The van der Waals surface area contributed by atoms with Gasteiger partial charge in [-0.3, -0.25) is 9.79 Å². The third kappa shape index (κ3) is 9.58. The number of hydrogen-bond donors (Lipinski definition) is 2. The Bertz CT molecular complexity index is 767. The molecule has 0 radical (unpaired) electrons. The highest BCUT2D eigenvalue weighted by molar-refractivity contribution is 5.93. The normalized spacial score (nSPS) is 12.9. The van der Waals surface area contributed by atoms with E-state index in [1.165, 1.54) is 0 Å². The van der Waals surface area contributed by atoms with E-state index in [0.29, 0.717) is 18.7 Å². The smallest absolute Gasteiger partial charge is 0.407 e. The van der Waals surface area contributed by atoms with Crippen LogP contribution in [0.15, 0.2) is 29.3 Å². The van der Waals surface area contributed by atoms with Crippen molar-refractivity contribution < 1.29 is 14.3 Å². The quantitative estimate of drug-likeness (QED) is 0.472. The highest BCUT2D eigenvalue weighted by Gasteiger charge is 2.22. The van der Waals surface area contributed by atoms with Crippen molar-refractivity contribution in [3.63, 3.8) is 0 Å². The highest BCUT2D eigenvalue weighted by atomic mass is 16.6. The molecule has 1 aromatic carbocycles. The van der Waals surface area contributed by atoms with Crippen LogP contribution in [-0.4, -0.2) is 74.1 Å². The van der Waals surface area contributed by atoms with Crippen LogP contribution in [-0.2, 0) is 11.3 Å². The number of nitrogens with one attached hydrogen (secondary N) is 2. The predicted octanol–water partition coefficient (Wildman–Crippen LogP) is 3.34. The van der Waals surface area contributed by atoms with Crippen LogP contribution in [0.4, 0.5) is 4.79 Å². The van der Waals surface area contributed by atoms with Gasteiger partial charge in [-0.1, -0.05) is 26.0 Å². The summed E-state index contributed by atoms with van der Waals surface area (Å²) in [5, 5.41) is 6.34. The Kier molecular flexibility index (Phi) is 10.5. The summed E-state index contributed by atoms with van der Waals surface area (Å²) in [6, 6.07) is 7.54. The number of carbonyl (C=O) groups excluding carboxylic acids is 2. The van der Waals surface area contributed by atoms with Crippen molar-refractivity contribution >= 4 is 18.0 Å². The number of ether oxygens (including phenoxy) is 1. The van der Waals surface area contributed by atoms with Gasteiger partial charge >= 0.3 is 6.09 Å². The van der Waals surface area contributed by atoms with Crippen LogP contribution in [0.5, 0.6) is 0 Å². The second kappa shape index (κ2) is 12.3. The van der Waals surface area contributed by atoms with Gasteiger partial charge in [0.05, 0.1) is 0 Å². The number of carbonyl (C=O) groups is 2. The van der Waals surface area contributed by atoms with E-state index in [1.54, 1.807) is 26.0 Å². The van der Waals surface area contributed by atoms with E-state index in [-0.39, 0.29) is 17.9 Å². The standard InChI is InChI=1S/C24H41N5O3/c1-17(2)20(27-23(31)32-24(3,4)5)14-15-29(9)22(25-6)26-16-18-10-12-19(13-11-18)21(30)28(7)8/h10-13,17,20H,14-16H2,1-9H3,(H,25,26)(H,27,31). The first-order chi connectivity index (χ1) is 14.8. The Morgan fingerprint density at radius 1 is 1.09 bits per heavy atom. The van der Waals surface area contributed by atoms with Crippen LogP contribution in [0.2, 0.25) is 0 Å². The second-order valence-electron chi connectivity index (χ2n) is 9.50. The van der Waals surface area contributed by atoms with Crippen molar-refractivity contribution in [2.45, 2.75) is 59.2 Å². The number of nitrogens with zero attached hydrogens (tertiary/aromatic N) is 3. The van der Waals surface area contributed by atoms with Gasteiger partial charge in [0.1, 0.15) is 5.60 Å². The van der Waals surface area contributed by atoms with Gasteiger partial charge in [0.25, 0.3) is 5.91 Å². The van der Waals surface area contributed by atoms with E-state index in [9.17, 15) is 9.59 Å². The first-order valence-corrected chi connectivity index (χ1v) is 11.1. The van der Waals surface area contributed by atoms with Crippen molar-refractivity contribution in [1.82, 2.24) is 20.4 Å². The van der Waals surface area contributed by atoms with Gasteiger partial charge in [-0.05, 0) is 50.8 Å². The molecule has 8 heteroatoms. The fourth-order valence-electron chi connectivity index (χ4n) is 3.06. The summed E-state index contributed by atoms with van der Waals surface area (Å²) in [6.07, 6.45) is 0.368. The summed E-state index contributed by atoms with van der Waals surface area (Å²) in [7, 11) is 7.20. The predicted molar refractivity (Wildman–Crippen MR) is 130 cm³/mol. The molecule has 0 aliphatic rings. The molecule has 0 saturated carbocycles. The Balaban J connectivity index is 2.61. The average Bonchev–Trinajstić information content (AvgIpc) is 2.69. The first kappa shape index (κ1) is 27.3. The SMILES string of the molecule is CN=C(NCc1ccc(C(=O)N(C)C)cc1)N(C)CCC(NC(=O)OC(C)(C)C)C(C)C. The van der Waals surface area contributed by atoms with E-state index in [2.05, 4.69) is 29.5 Å². The fourth-order valence-corrected chi connectivity index (χ4v) is 3.06. The van der Waals surface area contributed by atoms with Gasteiger partial charge in [0.2, 0.25) is 0 Å². The maximum Gasteiger partial charge on any atom is 0.407 e.